The lowest BCUT2D eigenvalue weighted by Crippen LogP contribution is -2.31. The Labute approximate surface area is 151 Å². The lowest BCUT2D eigenvalue weighted by atomic mass is 9.99. The van der Waals surface area contributed by atoms with Crippen molar-refractivity contribution < 1.29 is 14.3 Å². The lowest BCUT2D eigenvalue weighted by molar-refractivity contribution is 0.0946. The number of hydrogen-bond acceptors (Lipinski definition) is 4. The van der Waals surface area contributed by atoms with E-state index in [0.29, 0.717) is 23.6 Å². The van der Waals surface area contributed by atoms with Gasteiger partial charge in [-0.05, 0) is 36.2 Å². The number of ether oxygens (including phenoxy) is 2. The van der Waals surface area contributed by atoms with Gasteiger partial charge in [0.05, 0.1) is 19.8 Å². The Kier molecular flexibility index (Phi) is 4.08. The van der Waals surface area contributed by atoms with Crippen molar-refractivity contribution in [3.8, 4) is 28.6 Å². The largest absolute Gasteiger partial charge is 0.493 e. The van der Waals surface area contributed by atoms with E-state index in [4.69, 9.17) is 9.47 Å². The van der Waals surface area contributed by atoms with Crippen LogP contribution in [0.5, 0.6) is 11.5 Å². The van der Waals surface area contributed by atoms with Crippen LogP contribution in [0, 0.1) is 0 Å². The van der Waals surface area contributed by atoms with E-state index in [-0.39, 0.29) is 5.91 Å². The Morgan fingerprint density at radius 3 is 2.81 bits per heavy atom. The third kappa shape index (κ3) is 2.60. The average Bonchev–Trinajstić information content (AvgIpc) is 3.17. The van der Waals surface area contributed by atoms with Crippen LogP contribution in [0.15, 0.2) is 48.8 Å². The predicted octanol–water partition coefficient (Wildman–Crippen LogP) is 2.84. The van der Waals surface area contributed by atoms with E-state index in [2.05, 4.69) is 10.3 Å². The van der Waals surface area contributed by atoms with E-state index < -0.39 is 0 Å². The minimum atomic E-state index is -0.0336. The molecule has 0 saturated heterocycles. The Hall–Kier alpha value is -3.28. The molecular weight excluding hydrogens is 330 g/mol. The summed E-state index contributed by atoms with van der Waals surface area (Å²) in [5.74, 6) is 1.95. The topological polar surface area (TPSA) is 65.4 Å². The number of amides is 1. The molecule has 1 aromatic heterocycles. The third-order valence-electron chi connectivity index (χ3n) is 4.58. The highest BCUT2D eigenvalue weighted by atomic mass is 16.5. The number of para-hydroxylation sites is 1. The smallest absolute Gasteiger partial charge is 0.251 e. The van der Waals surface area contributed by atoms with Gasteiger partial charge in [0.15, 0.2) is 11.5 Å². The molecule has 3 aromatic rings. The normalized spacial score (nSPS) is 13.1. The number of nitrogens with one attached hydrogen (secondary N) is 1. The average molecular weight is 349 g/mol. The first kappa shape index (κ1) is 16.2. The maximum absolute atomic E-state index is 12.2. The second-order valence-corrected chi connectivity index (χ2v) is 6.01. The maximum atomic E-state index is 12.2. The van der Waals surface area contributed by atoms with Crippen LogP contribution in [-0.2, 0) is 6.42 Å². The van der Waals surface area contributed by atoms with E-state index >= 15 is 0 Å². The molecule has 1 N–H and O–H groups in total. The molecule has 0 bridgehead atoms. The first-order chi connectivity index (χ1) is 12.7. The van der Waals surface area contributed by atoms with Crippen molar-refractivity contribution in [3.63, 3.8) is 0 Å². The van der Waals surface area contributed by atoms with Gasteiger partial charge in [0.25, 0.3) is 5.91 Å². The Balaban J connectivity index is 1.85. The van der Waals surface area contributed by atoms with Gasteiger partial charge in [0.1, 0.15) is 5.82 Å². The van der Waals surface area contributed by atoms with Crippen LogP contribution in [0.1, 0.15) is 15.9 Å². The van der Waals surface area contributed by atoms with Crippen molar-refractivity contribution in [2.24, 2.45) is 0 Å². The number of hydrogen-bond donors (Lipinski definition) is 1. The number of carbonyl (C=O) groups excluding carboxylic acids is 1. The van der Waals surface area contributed by atoms with Crippen LogP contribution < -0.4 is 14.8 Å². The van der Waals surface area contributed by atoms with Gasteiger partial charge in [-0.25, -0.2) is 4.98 Å². The zero-order valence-electron chi connectivity index (χ0n) is 14.7. The number of methoxy groups -OCH3 is 2. The minimum Gasteiger partial charge on any atom is -0.493 e. The summed E-state index contributed by atoms with van der Waals surface area (Å²) >= 11 is 0. The fourth-order valence-corrected chi connectivity index (χ4v) is 3.32. The molecule has 0 spiro atoms. The number of benzene rings is 2. The monoisotopic (exact) mass is 349 g/mol. The van der Waals surface area contributed by atoms with Gasteiger partial charge in [-0.3, -0.25) is 9.36 Å². The second-order valence-electron chi connectivity index (χ2n) is 6.01. The summed E-state index contributed by atoms with van der Waals surface area (Å²) < 4.78 is 12.9. The Morgan fingerprint density at radius 2 is 2.00 bits per heavy atom. The molecule has 0 unspecified atom stereocenters. The molecule has 1 amide bonds. The van der Waals surface area contributed by atoms with Crippen LogP contribution in [-0.4, -0.2) is 36.2 Å². The molecule has 0 aliphatic carbocycles. The zero-order chi connectivity index (χ0) is 18.1. The highest BCUT2D eigenvalue weighted by Gasteiger charge is 2.20. The van der Waals surface area contributed by atoms with Crippen molar-refractivity contribution in [2.75, 3.05) is 20.8 Å². The van der Waals surface area contributed by atoms with Gasteiger partial charge in [-0.2, -0.15) is 0 Å². The third-order valence-corrected chi connectivity index (χ3v) is 4.58. The fourth-order valence-electron chi connectivity index (χ4n) is 3.32. The Morgan fingerprint density at radius 1 is 1.12 bits per heavy atom. The standard InChI is InChI=1S/C20H19N3O3/c1-25-17-5-3-4-15(18(17)26-2)19-21-10-11-23(19)14-7-6-13-8-9-22-20(24)16(13)12-14/h3-7,10-12H,8-9H2,1-2H3,(H,22,24). The molecule has 1 aliphatic rings. The Bertz CT molecular complexity index is 978. The van der Waals surface area contributed by atoms with Gasteiger partial charge in [0.2, 0.25) is 0 Å². The van der Waals surface area contributed by atoms with Crippen LogP contribution in [0.2, 0.25) is 0 Å². The van der Waals surface area contributed by atoms with Crippen LogP contribution in [0.4, 0.5) is 0 Å². The SMILES string of the molecule is COc1cccc(-c2nccn2-c2ccc3c(c2)C(=O)NCC3)c1OC. The highest BCUT2D eigenvalue weighted by molar-refractivity contribution is 5.97. The second kappa shape index (κ2) is 6.55. The first-order valence-electron chi connectivity index (χ1n) is 8.39. The lowest BCUT2D eigenvalue weighted by Gasteiger charge is -2.18. The van der Waals surface area contributed by atoms with Crippen LogP contribution >= 0.6 is 0 Å². The van der Waals surface area contributed by atoms with Gasteiger partial charge >= 0.3 is 0 Å². The number of nitrogens with zero attached hydrogens (tertiary/aromatic N) is 2. The van der Waals surface area contributed by atoms with E-state index in [1.165, 1.54) is 0 Å². The molecule has 132 valence electrons. The maximum Gasteiger partial charge on any atom is 0.251 e. The van der Waals surface area contributed by atoms with Gasteiger partial charge < -0.3 is 14.8 Å². The van der Waals surface area contributed by atoms with Gasteiger partial charge in [-0.15, -0.1) is 0 Å². The molecule has 0 radical (unpaired) electrons. The summed E-state index contributed by atoms with van der Waals surface area (Å²) in [6, 6.07) is 11.6. The predicted molar refractivity (Wildman–Crippen MR) is 98.1 cm³/mol. The van der Waals surface area contributed by atoms with Gasteiger partial charge in [0, 0.05) is 30.2 Å². The molecule has 4 rings (SSSR count). The molecular formula is C20H19N3O3. The van der Waals surface area contributed by atoms with Crippen molar-refractivity contribution in [3.05, 3.63) is 59.9 Å². The van der Waals surface area contributed by atoms with E-state index in [0.717, 1.165) is 29.1 Å². The number of aromatic nitrogens is 2. The molecule has 2 aromatic carbocycles. The molecule has 0 saturated carbocycles. The summed E-state index contributed by atoms with van der Waals surface area (Å²) in [6.07, 6.45) is 4.45. The summed E-state index contributed by atoms with van der Waals surface area (Å²) in [4.78, 5) is 16.7. The molecule has 2 heterocycles. The van der Waals surface area contributed by atoms with Gasteiger partial charge in [-0.1, -0.05) is 12.1 Å². The molecule has 6 nitrogen and oxygen atoms in total. The van der Waals surface area contributed by atoms with E-state index in [1.807, 2.05) is 47.2 Å². The van der Waals surface area contributed by atoms with Crippen molar-refractivity contribution >= 4 is 5.91 Å². The first-order valence-corrected chi connectivity index (χ1v) is 8.39. The number of fused-ring (bicyclic) bond motifs is 1. The summed E-state index contributed by atoms with van der Waals surface area (Å²) in [6.45, 7) is 0.683. The molecule has 0 fully saturated rings. The molecule has 0 atom stereocenters. The van der Waals surface area contributed by atoms with Crippen molar-refractivity contribution in [2.45, 2.75) is 6.42 Å². The highest BCUT2D eigenvalue weighted by Crippen LogP contribution is 2.37. The quantitative estimate of drug-likeness (QED) is 0.787. The summed E-state index contributed by atoms with van der Waals surface area (Å²) in [7, 11) is 3.22. The fraction of sp³-hybridized carbons (Fsp3) is 0.200. The summed E-state index contributed by atoms with van der Waals surface area (Å²) in [5.41, 5.74) is 3.47. The molecule has 26 heavy (non-hydrogen) atoms. The van der Waals surface area contributed by atoms with Crippen molar-refractivity contribution in [1.82, 2.24) is 14.9 Å². The van der Waals surface area contributed by atoms with E-state index in [9.17, 15) is 4.79 Å². The molecule has 6 heteroatoms. The summed E-state index contributed by atoms with van der Waals surface area (Å²) in [5, 5.41) is 2.89. The number of imidazole rings is 1. The van der Waals surface area contributed by atoms with Crippen LogP contribution in [0.3, 0.4) is 0 Å². The number of carbonyl (C=O) groups is 1. The molecule has 1 aliphatic heterocycles. The number of rotatable bonds is 4. The van der Waals surface area contributed by atoms with E-state index in [1.54, 1.807) is 20.4 Å². The minimum absolute atomic E-state index is 0.0336. The zero-order valence-corrected chi connectivity index (χ0v) is 14.7. The van der Waals surface area contributed by atoms with Crippen molar-refractivity contribution in [1.29, 1.82) is 0 Å². The van der Waals surface area contributed by atoms with Crippen LogP contribution in [0.25, 0.3) is 17.1 Å².